The van der Waals surface area contributed by atoms with Gasteiger partial charge in [-0.2, -0.15) is 0 Å². The molecule has 0 bridgehead atoms. The van der Waals surface area contributed by atoms with Gasteiger partial charge in [0.25, 0.3) is 0 Å². The number of nitrogens with zero attached hydrogens (tertiary/aromatic N) is 2. The lowest BCUT2D eigenvalue weighted by Gasteiger charge is -2.04. The highest BCUT2D eigenvalue weighted by Gasteiger charge is 2.15. The molecule has 2 aromatic heterocycles. The van der Waals surface area contributed by atoms with Gasteiger partial charge in [0.1, 0.15) is 5.65 Å². The highest BCUT2D eigenvalue weighted by Crippen LogP contribution is 2.19. The van der Waals surface area contributed by atoms with Crippen LogP contribution in [-0.2, 0) is 19.3 Å². The summed E-state index contributed by atoms with van der Waals surface area (Å²) in [6.45, 7) is 4.35. The molecule has 3 nitrogen and oxygen atoms in total. The van der Waals surface area contributed by atoms with Crippen LogP contribution in [0.4, 0.5) is 0 Å². The van der Waals surface area contributed by atoms with Crippen LogP contribution in [0.3, 0.4) is 0 Å². The Morgan fingerprint density at radius 2 is 2.24 bits per heavy atom. The fourth-order valence-corrected chi connectivity index (χ4v) is 2.69. The van der Waals surface area contributed by atoms with Crippen LogP contribution in [0.2, 0.25) is 0 Å². The van der Waals surface area contributed by atoms with Crippen LogP contribution in [0, 0.1) is 0 Å². The van der Waals surface area contributed by atoms with E-state index in [1.165, 1.54) is 29.0 Å². The molecule has 1 N–H and O–H groups in total. The second kappa shape index (κ2) is 4.49. The Labute approximate surface area is 102 Å². The highest BCUT2D eigenvalue weighted by atomic mass is 15.0. The summed E-state index contributed by atoms with van der Waals surface area (Å²) < 4.78 is 2.30. The molecular formula is C14H19N3. The van der Waals surface area contributed by atoms with Gasteiger partial charge in [-0.1, -0.05) is 19.4 Å². The van der Waals surface area contributed by atoms with Crippen LogP contribution in [0.5, 0.6) is 0 Å². The molecule has 0 aromatic carbocycles. The fraction of sp³-hybridized carbons (Fsp3) is 0.500. The third-order valence-corrected chi connectivity index (χ3v) is 3.51. The first kappa shape index (κ1) is 10.8. The Balaban J connectivity index is 2.16. The summed E-state index contributed by atoms with van der Waals surface area (Å²) in [7, 11) is 0. The smallest absolute Gasteiger partial charge is 0.140 e. The normalized spacial score (nSPS) is 15.8. The third-order valence-electron chi connectivity index (χ3n) is 3.51. The van der Waals surface area contributed by atoms with Crippen molar-refractivity contribution in [2.45, 2.75) is 32.6 Å². The number of aromatic nitrogens is 2. The summed E-state index contributed by atoms with van der Waals surface area (Å²) in [6.07, 6.45) is 6.61. The van der Waals surface area contributed by atoms with Crippen molar-refractivity contribution in [1.82, 2.24) is 14.7 Å². The number of hydrogen-bond acceptors (Lipinski definition) is 2. The average molecular weight is 229 g/mol. The zero-order valence-electron chi connectivity index (χ0n) is 10.4. The maximum Gasteiger partial charge on any atom is 0.140 e. The minimum absolute atomic E-state index is 1.06. The van der Waals surface area contributed by atoms with E-state index >= 15 is 0 Å². The van der Waals surface area contributed by atoms with Crippen molar-refractivity contribution in [1.29, 1.82) is 0 Å². The van der Waals surface area contributed by atoms with Crippen molar-refractivity contribution >= 4 is 5.65 Å². The van der Waals surface area contributed by atoms with Gasteiger partial charge in [-0.05, 0) is 18.1 Å². The Kier molecular flexibility index (Phi) is 2.85. The van der Waals surface area contributed by atoms with Crippen LogP contribution in [0.15, 0.2) is 18.3 Å². The van der Waals surface area contributed by atoms with Crippen LogP contribution < -0.4 is 5.32 Å². The molecule has 0 spiro atoms. The second-order valence-electron chi connectivity index (χ2n) is 4.73. The molecule has 0 aliphatic carbocycles. The molecule has 3 heterocycles. The van der Waals surface area contributed by atoms with Gasteiger partial charge < -0.3 is 9.72 Å². The molecular weight excluding hydrogens is 210 g/mol. The summed E-state index contributed by atoms with van der Waals surface area (Å²) in [5, 5.41) is 3.43. The maximum atomic E-state index is 4.85. The van der Waals surface area contributed by atoms with E-state index in [1.54, 1.807) is 0 Å². The zero-order chi connectivity index (χ0) is 11.7. The van der Waals surface area contributed by atoms with Gasteiger partial charge in [-0.25, -0.2) is 4.98 Å². The van der Waals surface area contributed by atoms with Crippen molar-refractivity contribution in [2.75, 3.05) is 13.1 Å². The Morgan fingerprint density at radius 3 is 3.12 bits per heavy atom. The lowest BCUT2D eigenvalue weighted by atomic mass is 10.1. The molecule has 0 radical (unpaired) electrons. The van der Waals surface area contributed by atoms with Gasteiger partial charge in [0, 0.05) is 37.8 Å². The zero-order valence-corrected chi connectivity index (χ0v) is 10.4. The van der Waals surface area contributed by atoms with Crippen molar-refractivity contribution in [3.05, 3.63) is 35.3 Å². The van der Waals surface area contributed by atoms with Crippen LogP contribution >= 0.6 is 0 Å². The molecule has 0 unspecified atom stereocenters. The molecule has 0 saturated carbocycles. The molecule has 17 heavy (non-hydrogen) atoms. The molecule has 0 fully saturated rings. The molecule has 1 aliphatic rings. The Morgan fingerprint density at radius 1 is 1.35 bits per heavy atom. The van der Waals surface area contributed by atoms with E-state index in [-0.39, 0.29) is 0 Å². The topological polar surface area (TPSA) is 29.3 Å². The number of rotatable bonds is 2. The van der Waals surface area contributed by atoms with E-state index in [2.05, 4.69) is 35.0 Å². The summed E-state index contributed by atoms with van der Waals surface area (Å²) in [4.78, 5) is 4.85. The fourth-order valence-electron chi connectivity index (χ4n) is 2.69. The first-order chi connectivity index (χ1) is 8.40. The third kappa shape index (κ3) is 1.84. The maximum absolute atomic E-state index is 4.85. The number of aryl methyl sites for hydroxylation is 1. The van der Waals surface area contributed by atoms with Crippen molar-refractivity contribution in [3.8, 4) is 0 Å². The van der Waals surface area contributed by atoms with Gasteiger partial charge in [-0.3, -0.25) is 0 Å². The number of fused-ring (bicyclic) bond motifs is 3. The van der Waals surface area contributed by atoms with E-state index in [4.69, 9.17) is 4.98 Å². The predicted molar refractivity (Wildman–Crippen MR) is 69.5 cm³/mol. The minimum atomic E-state index is 1.06. The molecule has 90 valence electrons. The molecule has 2 aromatic rings. The van der Waals surface area contributed by atoms with Crippen molar-refractivity contribution in [3.63, 3.8) is 0 Å². The summed E-state index contributed by atoms with van der Waals surface area (Å²) in [5.41, 5.74) is 5.26. The quantitative estimate of drug-likeness (QED) is 0.853. The molecule has 0 saturated heterocycles. The molecule has 1 aliphatic heterocycles. The van der Waals surface area contributed by atoms with Crippen molar-refractivity contribution < 1.29 is 0 Å². The molecule has 0 amide bonds. The van der Waals surface area contributed by atoms with Crippen LogP contribution in [-0.4, -0.2) is 22.5 Å². The van der Waals surface area contributed by atoms with E-state index in [9.17, 15) is 0 Å². The highest BCUT2D eigenvalue weighted by molar-refractivity contribution is 5.51. The van der Waals surface area contributed by atoms with Gasteiger partial charge in [0.05, 0.1) is 5.69 Å². The van der Waals surface area contributed by atoms with E-state index in [0.29, 0.717) is 0 Å². The van der Waals surface area contributed by atoms with Gasteiger partial charge in [-0.15, -0.1) is 0 Å². The summed E-state index contributed by atoms with van der Waals surface area (Å²) in [6, 6.07) is 4.36. The SMILES string of the molecule is CCCc1cccn2c3c(nc12)CCNCC3. The number of hydrogen-bond donors (Lipinski definition) is 1. The number of pyridine rings is 1. The molecule has 3 heteroatoms. The second-order valence-corrected chi connectivity index (χ2v) is 4.73. The largest absolute Gasteiger partial charge is 0.316 e. The number of nitrogens with one attached hydrogen (secondary N) is 1. The monoisotopic (exact) mass is 229 g/mol. The summed E-state index contributed by atoms with van der Waals surface area (Å²) in [5.74, 6) is 0. The first-order valence-electron chi connectivity index (χ1n) is 6.58. The van der Waals surface area contributed by atoms with Crippen LogP contribution in [0.25, 0.3) is 5.65 Å². The minimum Gasteiger partial charge on any atom is -0.316 e. The Bertz CT molecular complexity index is 527. The van der Waals surface area contributed by atoms with Gasteiger partial charge >= 0.3 is 0 Å². The van der Waals surface area contributed by atoms with Gasteiger partial charge in [0.15, 0.2) is 0 Å². The van der Waals surface area contributed by atoms with E-state index < -0.39 is 0 Å². The van der Waals surface area contributed by atoms with E-state index in [1.807, 2.05) is 0 Å². The predicted octanol–water partition coefficient (Wildman–Crippen LogP) is 1.98. The average Bonchev–Trinajstić information content (AvgIpc) is 2.55. The van der Waals surface area contributed by atoms with Crippen molar-refractivity contribution in [2.24, 2.45) is 0 Å². The standard InChI is InChI=1S/C14H19N3/c1-2-4-11-5-3-10-17-13-7-9-15-8-6-12(13)16-14(11)17/h3,5,10,15H,2,4,6-9H2,1H3. The van der Waals surface area contributed by atoms with Crippen LogP contribution in [0.1, 0.15) is 30.3 Å². The number of imidazole rings is 1. The lowest BCUT2D eigenvalue weighted by molar-refractivity contribution is 0.702. The van der Waals surface area contributed by atoms with Gasteiger partial charge in [0.2, 0.25) is 0 Å². The first-order valence-corrected chi connectivity index (χ1v) is 6.58. The van der Waals surface area contributed by atoms with E-state index in [0.717, 1.165) is 32.4 Å². The molecule has 0 atom stereocenters. The summed E-state index contributed by atoms with van der Waals surface area (Å²) >= 11 is 0. The lowest BCUT2D eigenvalue weighted by Crippen LogP contribution is -2.16. The Hall–Kier alpha value is -1.35. The molecule has 3 rings (SSSR count).